The lowest BCUT2D eigenvalue weighted by atomic mass is 9.96. The average molecular weight is 487 g/mol. The summed E-state index contributed by atoms with van der Waals surface area (Å²) in [5.41, 5.74) is 0.861. The molecule has 0 saturated carbocycles. The molecule has 180 valence electrons. The van der Waals surface area contributed by atoms with Crippen molar-refractivity contribution in [2.45, 2.75) is 23.8 Å². The number of ether oxygens (including phenoxy) is 1. The minimum Gasteiger partial charge on any atom is -0.497 e. The van der Waals surface area contributed by atoms with E-state index < -0.39 is 21.9 Å². The molecule has 0 spiro atoms. The molecule has 0 aliphatic carbocycles. The third-order valence-corrected chi connectivity index (χ3v) is 8.04. The fourth-order valence-electron chi connectivity index (χ4n) is 4.12. The van der Waals surface area contributed by atoms with Crippen molar-refractivity contribution < 1.29 is 22.3 Å². The van der Waals surface area contributed by atoms with Gasteiger partial charge in [-0.1, -0.05) is 12.1 Å². The molecule has 8 nitrogen and oxygen atoms in total. The number of aryl methyl sites for hydroxylation is 1. The van der Waals surface area contributed by atoms with E-state index in [0.29, 0.717) is 24.4 Å². The van der Waals surface area contributed by atoms with Crippen molar-refractivity contribution in [3.63, 3.8) is 0 Å². The molecule has 1 saturated heterocycles. The second-order valence-corrected chi connectivity index (χ2v) is 10.2. The third-order valence-electron chi connectivity index (χ3n) is 6.13. The van der Waals surface area contributed by atoms with E-state index in [4.69, 9.17) is 4.74 Å². The maximum atomic E-state index is 13.2. The summed E-state index contributed by atoms with van der Waals surface area (Å²) in [5.74, 6) is 0.426. The van der Waals surface area contributed by atoms with Crippen LogP contribution in [0.2, 0.25) is 0 Å². The Labute approximate surface area is 198 Å². The zero-order valence-electron chi connectivity index (χ0n) is 19.0. The van der Waals surface area contributed by atoms with Gasteiger partial charge in [0.1, 0.15) is 23.4 Å². The molecule has 1 amide bonds. The molecule has 10 heteroatoms. The molecule has 1 aromatic heterocycles. The van der Waals surface area contributed by atoms with Gasteiger partial charge in [-0.2, -0.15) is 4.31 Å². The Morgan fingerprint density at radius 1 is 1.12 bits per heavy atom. The molecule has 1 fully saturated rings. The molecular formula is C24H27FN4O4S. The molecule has 0 radical (unpaired) electrons. The predicted octanol–water partition coefficient (Wildman–Crippen LogP) is 2.87. The van der Waals surface area contributed by atoms with E-state index in [1.54, 1.807) is 13.3 Å². The first-order valence-corrected chi connectivity index (χ1v) is 12.4. The van der Waals surface area contributed by atoms with Gasteiger partial charge in [-0.25, -0.2) is 17.8 Å². The van der Waals surface area contributed by atoms with Gasteiger partial charge in [0.05, 0.1) is 12.0 Å². The lowest BCUT2D eigenvalue weighted by Crippen LogP contribution is -2.44. The Bertz CT molecular complexity index is 1230. The first-order chi connectivity index (χ1) is 16.3. The number of hydrogen-bond donors (Lipinski definition) is 1. The molecule has 1 aliphatic heterocycles. The van der Waals surface area contributed by atoms with E-state index in [2.05, 4.69) is 10.3 Å². The summed E-state index contributed by atoms with van der Waals surface area (Å²) in [6.07, 6.45) is 4.28. The Balaban J connectivity index is 1.46. The number of benzene rings is 2. The van der Waals surface area contributed by atoms with Gasteiger partial charge in [0.2, 0.25) is 15.9 Å². The number of sulfonamides is 1. The van der Waals surface area contributed by atoms with Crippen LogP contribution < -0.4 is 10.1 Å². The molecule has 34 heavy (non-hydrogen) atoms. The number of hydrogen-bond acceptors (Lipinski definition) is 5. The van der Waals surface area contributed by atoms with Crippen LogP contribution in [0, 0.1) is 11.7 Å². The Morgan fingerprint density at radius 3 is 2.32 bits per heavy atom. The fourth-order valence-corrected chi connectivity index (χ4v) is 5.59. The summed E-state index contributed by atoms with van der Waals surface area (Å²) < 4.78 is 47.4. The molecule has 0 unspecified atom stereocenters. The number of nitrogens with one attached hydrogen (secondary N) is 1. The molecule has 0 bridgehead atoms. The van der Waals surface area contributed by atoms with Crippen molar-refractivity contribution >= 4 is 15.9 Å². The molecule has 2 heterocycles. The lowest BCUT2D eigenvalue weighted by molar-refractivity contribution is -0.126. The number of carbonyl (C=O) groups is 1. The number of halogens is 1. The number of methoxy groups -OCH3 is 1. The number of aromatic nitrogens is 2. The van der Waals surface area contributed by atoms with Crippen LogP contribution in [-0.4, -0.2) is 48.4 Å². The SMILES string of the molecule is COc1ccc([C@H](NC(=O)C2CCN(S(=O)(=O)c3ccc(F)cc3)CC2)c2nccn2C)cc1. The van der Waals surface area contributed by atoms with Crippen LogP contribution in [0.5, 0.6) is 5.75 Å². The first-order valence-electron chi connectivity index (χ1n) is 11.0. The summed E-state index contributed by atoms with van der Waals surface area (Å²) in [4.78, 5) is 17.7. The van der Waals surface area contributed by atoms with E-state index in [1.165, 1.54) is 16.4 Å². The fraction of sp³-hybridized carbons (Fsp3) is 0.333. The van der Waals surface area contributed by atoms with Gasteiger partial charge in [0.25, 0.3) is 0 Å². The third kappa shape index (κ3) is 4.97. The molecule has 1 N–H and O–H groups in total. The zero-order valence-corrected chi connectivity index (χ0v) is 19.8. The van der Waals surface area contributed by atoms with Gasteiger partial charge in [-0.3, -0.25) is 4.79 Å². The van der Waals surface area contributed by atoms with Crippen LogP contribution in [0.3, 0.4) is 0 Å². The Hall–Kier alpha value is -3.24. The topological polar surface area (TPSA) is 93.5 Å². The van der Waals surface area contributed by atoms with E-state index in [1.807, 2.05) is 42.1 Å². The van der Waals surface area contributed by atoms with Crippen LogP contribution in [0.25, 0.3) is 0 Å². The molecule has 1 atom stereocenters. The standard InChI is InChI=1S/C24H27FN4O4S/c1-28-16-13-26-23(28)22(17-3-7-20(33-2)8-4-17)27-24(30)18-11-14-29(15-12-18)34(31,32)21-9-5-19(25)6-10-21/h3-10,13,16,18,22H,11-12,14-15H2,1-2H3,(H,27,30)/t22-/m0/s1. The smallest absolute Gasteiger partial charge is 0.243 e. The highest BCUT2D eigenvalue weighted by Crippen LogP contribution is 2.27. The van der Waals surface area contributed by atoms with Crippen LogP contribution in [0.1, 0.15) is 30.3 Å². The maximum absolute atomic E-state index is 13.2. The molecule has 1 aliphatic rings. The summed E-state index contributed by atoms with van der Waals surface area (Å²) in [6.45, 7) is 0.431. The van der Waals surface area contributed by atoms with Crippen LogP contribution in [0.4, 0.5) is 4.39 Å². The van der Waals surface area contributed by atoms with Crippen molar-refractivity contribution in [1.29, 1.82) is 0 Å². The lowest BCUT2D eigenvalue weighted by Gasteiger charge is -2.31. The second-order valence-electron chi connectivity index (χ2n) is 8.24. The van der Waals surface area contributed by atoms with Gasteiger partial charge in [0.15, 0.2) is 0 Å². The molecule has 3 aromatic rings. The monoisotopic (exact) mass is 486 g/mol. The van der Waals surface area contributed by atoms with Crippen LogP contribution in [0.15, 0.2) is 65.8 Å². The number of nitrogens with zero attached hydrogens (tertiary/aromatic N) is 3. The minimum atomic E-state index is -3.73. The zero-order chi connectivity index (χ0) is 24.3. The van der Waals surface area contributed by atoms with Gasteiger partial charge < -0.3 is 14.6 Å². The largest absolute Gasteiger partial charge is 0.497 e. The second kappa shape index (κ2) is 9.94. The van der Waals surface area contributed by atoms with Crippen molar-refractivity contribution in [3.8, 4) is 5.75 Å². The highest BCUT2D eigenvalue weighted by molar-refractivity contribution is 7.89. The van der Waals surface area contributed by atoms with Crippen molar-refractivity contribution in [3.05, 3.63) is 78.1 Å². The minimum absolute atomic E-state index is 0.0474. The highest BCUT2D eigenvalue weighted by Gasteiger charge is 2.33. The van der Waals surface area contributed by atoms with Crippen molar-refractivity contribution in [2.75, 3.05) is 20.2 Å². The van der Waals surface area contributed by atoms with Gasteiger partial charge in [-0.05, 0) is 54.8 Å². The van der Waals surface area contributed by atoms with E-state index >= 15 is 0 Å². The quantitative estimate of drug-likeness (QED) is 0.554. The molecule has 4 rings (SSSR count). The average Bonchev–Trinajstić information content (AvgIpc) is 3.28. The normalized spacial score (nSPS) is 16.2. The van der Waals surface area contributed by atoms with E-state index in [9.17, 15) is 17.6 Å². The molecular weight excluding hydrogens is 459 g/mol. The van der Waals surface area contributed by atoms with E-state index in [0.717, 1.165) is 17.7 Å². The predicted molar refractivity (Wildman–Crippen MR) is 124 cm³/mol. The number of rotatable bonds is 7. The van der Waals surface area contributed by atoms with E-state index in [-0.39, 0.29) is 29.8 Å². The Morgan fingerprint density at radius 2 is 1.76 bits per heavy atom. The van der Waals surface area contributed by atoms with Gasteiger partial charge in [-0.15, -0.1) is 0 Å². The summed E-state index contributed by atoms with van der Waals surface area (Å²) in [7, 11) is -0.274. The maximum Gasteiger partial charge on any atom is 0.243 e. The Kier molecular flexibility index (Phi) is 6.99. The van der Waals surface area contributed by atoms with Crippen molar-refractivity contribution in [2.24, 2.45) is 13.0 Å². The molecule has 2 aromatic carbocycles. The highest BCUT2D eigenvalue weighted by atomic mass is 32.2. The van der Waals surface area contributed by atoms with Gasteiger partial charge >= 0.3 is 0 Å². The first kappa shape index (κ1) is 23.9. The number of imidazole rings is 1. The van der Waals surface area contributed by atoms with Crippen LogP contribution >= 0.6 is 0 Å². The number of amides is 1. The van der Waals surface area contributed by atoms with Crippen molar-refractivity contribution in [1.82, 2.24) is 19.2 Å². The van der Waals surface area contributed by atoms with Gasteiger partial charge in [0, 0.05) is 38.4 Å². The number of piperidine rings is 1. The summed E-state index contributed by atoms with van der Waals surface area (Å²) in [5, 5.41) is 3.10. The van der Waals surface area contributed by atoms with Crippen LogP contribution in [-0.2, 0) is 21.9 Å². The summed E-state index contributed by atoms with van der Waals surface area (Å²) >= 11 is 0. The summed E-state index contributed by atoms with van der Waals surface area (Å²) in [6, 6.07) is 11.7. The number of carbonyl (C=O) groups excluding carboxylic acids is 1.